The van der Waals surface area contributed by atoms with Crippen molar-refractivity contribution in [1.29, 1.82) is 0 Å². The van der Waals surface area contributed by atoms with Gasteiger partial charge in [-0.25, -0.2) is 0 Å². The first-order valence-electron chi connectivity index (χ1n) is 12.9. The molecule has 0 aromatic rings. The van der Waals surface area contributed by atoms with E-state index in [9.17, 15) is 0 Å². The number of hydrogen-bond acceptors (Lipinski definition) is 1. The first kappa shape index (κ1) is 29.2. The number of aliphatic hydroxyl groups excluding tert-OH is 1. The lowest BCUT2D eigenvalue weighted by Crippen LogP contribution is -1.83. The molecule has 0 atom stereocenters. The van der Waals surface area contributed by atoms with Gasteiger partial charge in [-0.1, -0.05) is 156 Å². The zero-order valence-electron chi connectivity index (χ0n) is 19.7. The number of rotatable bonds is 21. The lowest BCUT2D eigenvalue weighted by molar-refractivity contribution is 0.282. The summed E-state index contributed by atoms with van der Waals surface area (Å²) in [5.74, 6) is 0. The number of aliphatic hydroxyl groups is 1. The fourth-order valence-electron chi connectivity index (χ4n) is 3.51. The van der Waals surface area contributed by atoms with Gasteiger partial charge < -0.3 is 5.11 Å². The van der Waals surface area contributed by atoms with Crippen LogP contribution >= 0.6 is 0 Å². The summed E-state index contributed by atoms with van der Waals surface area (Å²) in [6.45, 7) is 7.19. The topological polar surface area (TPSA) is 20.2 Å². The Kier molecular flexibility index (Phi) is 33.1. The van der Waals surface area contributed by atoms with Gasteiger partial charge in [0.2, 0.25) is 0 Å². The van der Waals surface area contributed by atoms with Crippen molar-refractivity contribution >= 4 is 0 Å². The van der Waals surface area contributed by atoms with Crippen LogP contribution in [0.4, 0.5) is 0 Å². The van der Waals surface area contributed by atoms with Crippen LogP contribution in [0.25, 0.3) is 0 Å². The van der Waals surface area contributed by atoms with E-state index in [4.69, 9.17) is 5.11 Å². The van der Waals surface area contributed by atoms with Crippen molar-refractivity contribution in [2.45, 2.75) is 162 Å². The zero-order valence-corrected chi connectivity index (χ0v) is 19.7. The number of unbranched alkanes of at least 4 members (excludes halogenated alkanes) is 20. The van der Waals surface area contributed by atoms with Crippen molar-refractivity contribution < 1.29 is 5.11 Å². The van der Waals surface area contributed by atoms with Gasteiger partial charge in [-0.3, -0.25) is 0 Å². The molecule has 0 bridgehead atoms. The molecule has 0 aromatic heterocycles. The van der Waals surface area contributed by atoms with E-state index in [2.05, 4.69) is 20.8 Å². The second kappa shape index (κ2) is 30.7. The summed E-state index contributed by atoms with van der Waals surface area (Å²) in [5.41, 5.74) is 0. The van der Waals surface area contributed by atoms with Gasteiger partial charge in [0.15, 0.2) is 0 Å². The van der Waals surface area contributed by atoms with Crippen molar-refractivity contribution in [3.8, 4) is 0 Å². The van der Waals surface area contributed by atoms with Gasteiger partial charge in [-0.15, -0.1) is 0 Å². The molecule has 1 nitrogen and oxygen atoms in total. The molecule has 0 saturated heterocycles. The van der Waals surface area contributed by atoms with E-state index in [1.165, 1.54) is 135 Å². The van der Waals surface area contributed by atoms with E-state index in [0.717, 1.165) is 6.42 Å². The minimum Gasteiger partial charge on any atom is -0.396 e. The van der Waals surface area contributed by atoms with Crippen molar-refractivity contribution in [2.24, 2.45) is 0 Å². The highest BCUT2D eigenvalue weighted by molar-refractivity contribution is 4.48. The lowest BCUT2D eigenvalue weighted by Gasteiger charge is -2.02. The Balaban J connectivity index is 0. The molecule has 0 aromatic carbocycles. The molecule has 0 saturated carbocycles. The van der Waals surface area contributed by atoms with Gasteiger partial charge in [0.05, 0.1) is 0 Å². The van der Waals surface area contributed by atoms with Gasteiger partial charge in [-0.2, -0.15) is 0 Å². The molecule has 27 heavy (non-hydrogen) atoms. The van der Waals surface area contributed by atoms with Crippen LogP contribution in [0.5, 0.6) is 0 Å². The third kappa shape index (κ3) is 33.9. The Morgan fingerprint density at radius 2 is 0.481 bits per heavy atom. The fraction of sp³-hybridized carbons (Fsp3) is 1.00. The average molecular weight is 385 g/mol. The third-order valence-electron chi connectivity index (χ3n) is 5.47. The Hall–Kier alpha value is -0.0400. The minimum atomic E-state index is 0.370. The average Bonchev–Trinajstić information content (AvgIpc) is 2.69. The maximum Gasteiger partial charge on any atom is 0.0431 e. The predicted octanol–water partition coefficient (Wildman–Crippen LogP) is 9.61. The molecule has 0 fully saturated rings. The molecule has 0 radical (unpaired) electrons. The van der Waals surface area contributed by atoms with Crippen LogP contribution in [-0.2, 0) is 0 Å². The maximum atomic E-state index is 8.51. The molecule has 0 spiro atoms. The molecule has 166 valence electrons. The van der Waals surface area contributed by atoms with Crippen LogP contribution < -0.4 is 0 Å². The van der Waals surface area contributed by atoms with E-state index in [1.807, 2.05) is 0 Å². The summed E-state index contributed by atoms with van der Waals surface area (Å²) < 4.78 is 0. The summed E-state index contributed by atoms with van der Waals surface area (Å²) >= 11 is 0. The second-order valence-corrected chi connectivity index (χ2v) is 8.44. The van der Waals surface area contributed by atoms with Crippen molar-refractivity contribution in [2.75, 3.05) is 6.61 Å². The van der Waals surface area contributed by atoms with Gasteiger partial charge in [0, 0.05) is 6.61 Å². The van der Waals surface area contributed by atoms with Gasteiger partial charge in [0.1, 0.15) is 0 Å². The van der Waals surface area contributed by atoms with Crippen molar-refractivity contribution in [3.05, 3.63) is 0 Å². The predicted molar refractivity (Wildman–Crippen MR) is 126 cm³/mol. The van der Waals surface area contributed by atoms with Crippen molar-refractivity contribution in [3.63, 3.8) is 0 Å². The highest BCUT2D eigenvalue weighted by Crippen LogP contribution is 2.12. The molecule has 0 unspecified atom stereocenters. The lowest BCUT2D eigenvalue weighted by atomic mass is 10.0. The first-order chi connectivity index (χ1) is 13.3. The van der Waals surface area contributed by atoms with E-state index in [1.54, 1.807) is 0 Å². The first-order valence-corrected chi connectivity index (χ1v) is 12.9. The Labute approximate surface area is 174 Å². The van der Waals surface area contributed by atoms with E-state index < -0.39 is 0 Å². The summed E-state index contributed by atoms with van der Waals surface area (Å²) in [6.07, 6.45) is 30.8. The molecule has 0 heterocycles. The Morgan fingerprint density at radius 3 is 0.667 bits per heavy atom. The summed E-state index contributed by atoms with van der Waals surface area (Å²) in [4.78, 5) is 0. The molecular weight excluding hydrogens is 328 g/mol. The maximum absolute atomic E-state index is 8.51. The minimum absolute atomic E-state index is 0.370. The largest absolute Gasteiger partial charge is 0.396 e. The van der Waals surface area contributed by atoms with Gasteiger partial charge >= 0.3 is 0 Å². The van der Waals surface area contributed by atoms with E-state index >= 15 is 0 Å². The molecule has 0 amide bonds. The van der Waals surface area contributed by atoms with Crippen LogP contribution in [0.3, 0.4) is 0 Å². The quantitative estimate of drug-likeness (QED) is 0.195. The van der Waals surface area contributed by atoms with Gasteiger partial charge in [-0.05, 0) is 6.42 Å². The Morgan fingerprint density at radius 1 is 0.296 bits per heavy atom. The second-order valence-electron chi connectivity index (χ2n) is 8.44. The monoisotopic (exact) mass is 384 g/mol. The summed E-state index contributed by atoms with van der Waals surface area (Å²) in [5, 5.41) is 8.51. The zero-order chi connectivity index (χ0) is 20.3. The number of hydrogen-bond donors (Lipinski definition) is 1. The molecule has 0 aliphatic heterocycles. The summed E-state index contributed by atoms with van der Waals surface area (Å²) in [6, 6.07) is 0. The van der Waals surface area contributed by atoms with E-state index in [-0.39, 0.29) is 0 Å². The SMILES string of the molecule is CCCCCCCCCCCCCCCC.CCCCCCCCCCO. The highest BCUT2D eigenvalue weighted by Gasteiger charge is 1.93. The van der Waals surface area contributed by atoms with Crippen LogP contribution in [0.2, 0.25) is 0 Å². The van der Waals surface area contributed by atoms with Crippen LogP contribution in [0.15, 0.2) is 0 Å². The molecule has 0 rings (SSSR count). The molecular formula is C26H56O. The van der Waals surface area contributed by atoms with Crippen LogP contribution in [-0.4, -0.2) is 11.7 Å². The van der Waals surface area contributed by atoms with Gasteiger partial charge in [0.25, 0.3) is 0 Å². The van der Waals surface area contributed by atoms with Crippen molar-refractivity contribution in [1.82, 2.24) is 0 Å². The van der Waals surface area contributed by atoms with E-state index in [0.29, 0.717) is 6.61 Å². The Bertz CT molecular complexity index is 192. The smallest absolute Gasteiger partial charge is 0.0431 e. The molecule has 0 aliphatic rings. The summed E-state index contributed by atoms with van der Waals surface area (Å²) in [7, 11) is 0. The molecule has 1 N–H and O–H groups in total. The fourth-order valence-corrected chi connectivity index (χ4v) is 3.51. The standard InChI is InChI=1S/C16H34.C10H22O/c1-3-5-7-9-11-13-15-16-14-12-10-8-6-4-2;1-2-3-4-5-6-7-8-9-10-11/h3-16H2,1-2H3;11H,2-10H2,1H3. The van der Waals surface area contributed by atoms with Crippen LogP contribution in [0.1, 0.15) is 162 Å². The third-order valence-corrected chi connectivity index (χ3v) is 5.47. The molecule has 1 heteroatoms. The van der Waals surface area contributed by atoms with Crippen LogP contribution in [0, 0.1) is 0 Å². The normalized spacial score (nSPS) is 10.7. The highest BCUT2D eigenvalue weighted by atomic mass is 16.2. The molecule has 0 aliphatic carbocycles.